The lowest BCUT2D eigenvalue weighted by molar-refractivity contribution is -0.144. The Morgan fingerprint density at radius 3 is 0.923 bits per heavy atom. The van der Waals surface area contributed by atoms with Crippen molar-refractivity contribution in [2.75, 3.05) is 25.5 Å². The smallest absolute Gasteiger partial charge is 0.417 e. The van der Waals surface area contributed by atoms with Crippen molar-refractivity contribution in [3.05, 3.63) is 241 Å². The second-order valence-corrected chi connectivity index (χ2v) is 43.3. The van der Waals surface area contributed by atoms with E-state index < -0.39 is 216 Å². The van der Waals surface area contributed by atoms with E-state index in [2.05, 4.69) is 53.2 Å². The minimum atomic E-state index is -3.54. The van der Waals surface area contributed by atoms with E-state index in [4.69, 9.17) is 38.8 Å². The van der Waals surface area contributed by atoms with E-state index in [1.807, 2.05) is 97.1 Å². The van der Waals surface area contributed by atoms with Gasteiger partial charge in [0.25, 0.3) is 11.8 Å². The molecule has 0 saturated heterocycles. The molecule has 0 aliphatic heterocycles. The first-order chi connectivity index (χ1) is 61.5. The summed E-state index contributed by atoms with van der Waals surface area (Å²) in [6.07, 6.45) is -3.86. The van der Waals surface area contributed by atoms with Gasteiger partial charge in [-0.3, -0.25) is 62.3 Å². The van der Waals surface area contributed by atoms with Gasteiger partial charge in [-0.1, -0.05) is 256 Å². The van der Waals surface area contributed by atoms with Gasteiger partial charge >= 0.3 is 12.2 Å². The molecule has 30 nitrogen and oxygen atoms in total. The first-order valence-electron chi connectivity index (χ1n) is 42.6. The van der Waals surface area contributed by atoms with Gasteiger partial charge in [0.15, 0.2) is 0 Å². The van der Waals surface area contributed by atoms with Crippen LogP contribution in [0.1, 0.15) is 131 Å². The molecule has 0 bridgehead atoms. The van der Waals surface area contributed by atoms with Gasteiger partial charge in [-0.15, -0.1) is 0 Å². The number of amides is 15. The van der Waals surface area contributed by atoms with Crippen molar-refractivity contribution >= 4 is 146 Å². The summed E-state index contributed by atoms with van der Waals surface area (Å²) >= 11 is 13.7. The zero-order valence-corrected chi connectivity index (χ0v) is 78.2. The molecular formula is C96H111N13O17P2S2. The van der Waals surface area contributed by atoms with Gasteiger partial charge < -0.3 is 68.4 Å². The number of benzene rings is 8. The van der Waals surface area contributed by atoms with Crippen molar-refractivity contribution < 1.29 is 81.4 Å². The highest BCUT2D eigenvalue weighted by molar-refractivity contribution is 8.22. The zero-order valence-electron chi connectivity index (χ0n) is 74.7. The molecule has 8 aromatic carbocycles. The molecule has 34 heteroatoms. The summed E-state index contributed by atoms with van der Waals surface area (Å²) in [7, 11) is 0. The number of ether oxygens (including phenoxy) is 2. The van der Waals surface area contributed by atoms with Crippen LogP contribution >= 0.6 is 12.1 Å². The Bertz CT molecular complexity index is 5540. The standard InChI is InChI=1S/C96H111N13O17P2S2/c1-55(2)80(105-92(122)96(13,14)107-86(116)60(7)99-82(112)57(4)98-63(10)110)90(120)109(94(124)126-52-77-74-49-33-29-45-70(74)71-46-30-34-50-75(71)77)79(54-128(130,66-39-23-17-24-40-66)67-41-25-18-26-42-67)88(118)102-59(6)84(114)103-62(9)89(119)108(93(123)125-51-76-72-47-31-27-43-68(72)69-44-28-32-48-73(69)76)78(53-127(129,64-35-19-15-20-36-64)65-37-21-16-22-38-65)87(117)101-58(5)83(113)100-61(8)85(115)106-95(11,12)91(121)104-56(3)81(97)111/h15-50,55-62,76-80H,51-54H2,1-14H3,(H2,97,111)(H,98,110)(H,99,112)(H,100,113)(H,101,117)(H,102,118)(H,103,114)(H,104,121)(H,105,122)(H,106,115)(H,107,116)/t56-,57-,58-,59-,60-,61-,62-,78-,79+,80-/m0/s1. The maximum atomic E-state index is 16.5. The molecule has 0 saturated carbocycles. The van der Waals surface area contributed by atoms with Gasteiger partial charge in [-0.25, -0.2) is 19.4 Å². The van der Waals surface area contributed by atoms with Gasteiger partial charge in [0, 0.05) is 43.2 Å². The predicted molar refractivity (Wildman–Crippen MR) is 503 cm³/mol. The van der Waals surface area contributed by atoms with E-state index in [1.165, 1.54) is 83.1 Å². The molecule has 10 atom stereocenters. The highest BCUT2D eigenvalue weighted by Gasteiger charge is 2.49. The number of imide groups is 2. The summed E-state index contributed by atoms with van der Waals surface area (Å²) < 4.78 is 12.7. The largest absolute Gasteiger partial charge is 0.448 e. The number of nitrogens with one attached hydrogen (secondary N) is 10. The number of fused-ring (bicyclic) bond motifs is 6. The van der Waals surface area contributed by atoms with E-state index in [9.17, 15) is 38.4 Å². The molecule has 2 aliphatic rings. The van der Waals surface area contributed by atoms with E-state index in [0.717, 1.165) is 44.5 Å². The predicted octanol–water partition coefficient (Wildman–Crippen LogP) is 6.51. The van der Waals surface area contributed by atoms with Crippen LogP contribution < -0.4 is 80.1 Å². The van der Waals surface area contributed by atoms with E-state index >= 15 is 33.6 Å². The molecule has 0 heterocycles. The van der Waals surface area contributed by atoms with Crippen molar-refractivity contribution in [1.82, 2.24) is 63.0 Å². The Morgan fingerprint density at radius 1 is 0.346 bits per heavy atom. The van der Waals surface area contributed by atoms with Gasteiger partial charge in [-0.2, -0.15) is 0 Å². The molecular weight excluding hydrogens is 1730 g/mol. The molecule has 0 spiro atoms. The van der Waals surface area contributed by atoms with Gasteiger partial charge in [-0.05, 0) is 148 Å². The van der Waals surface area contributed by atoms with Crippen LogP contribution in [-0.2, 0) is 95.4 Å². The van der Waals surface area contributed by atoms with Crippen molar-refractivity contribution in [1.29, 1.82) is 0 Å². The minimum Gasteiger partial charge on any atom is -0.448 e. The fourth-order valence-corrected chi connectivity index (χ4v) is 23.4. The molecule has 15 amide bonds. The molecule has 8 aromatic rings. The number of rotatable bonds is 37. The lowest BCUT2D eigenvalue weighted by Gasteiger charge is -2.37. The second-order valence-electron chi connectivity index (χ2n) is 33.8. The van der Waals surface area contributed by atoms with Crippen LogP contribution in [-0.4, -0.2) is 196 Å². The Kier molecular flexibility index (Phi) is 32.9. The van der Waals surface area contributed by atoms with Crippen LogP contribution in [0.15, 0.2) is 218 Å². The monoisotopic (exact) mass is 1840 g/mol. The van der Waals surface area contributed by atoms with Crippen LogP contribution in [0.4, 0.5) is 9.59 Å². The van der Waals surface area contributed by atoms with Gasteiger partial charge in [0.1, 0.15) is 84.7 Å². The van der Waals surface area contributed by atoms with Crippen LogP contribution in [0.5, 0.6) is 0 Å². The van der Waals surface area contributed by atoms with Crippen LogP contribution in [0.2, 0.25) is 0 Å². The Hall–Kier alpha value is -12.9. The molecule has 12 N–H and O–H groups in total. The quantitative estimate of drug-likeness (QED) is 0.0185. The third kappa shape index (κ3) is 23.4. The number of hydrogen-bond donors (Lipinski definition) is 11. The minimum absolute atomic E-state index is 0.417. The summed E-state index contributed by atoms with van der Waals surface area (Å²) in [5.41, 5.74) is 8.30. The third-order valence-corrected chi connectivity index (χ3v) is 32.5. The molecule has 0 radical (unpaired) electrons. The summed E-state index contributed by atoms with van der Waals surface area (Å²) in [6, 6.07) is 41.6. The fourth-order valence-electron chi connectivity index (χ4n) is 15.4. The highest BCUT2D eigenvalue weighted by Crippen LogP contribution is 2.49. The average Bonchev–Trinajstić information content (AvgIpc) is 1.55. The lowest BCUT2D eigenvalue weighted by Crippen LogP contribution is -2.65. The summed E-state index contributed by atoms with van der Waals surface area (Å²) in [5.74, 6) is -14.6. The van der Waals surface area contributed by atoms with E-state index in [1.54, 1.807) is 135 Å². The molecule has 684 valence electrons. The van der Waals surface area contributed by atoms with Gasteiger partial charge in [0.2, 0.25) is 65.0 Å². The maximum Gasteiger partial charge on any atom is 0.417 e. The van der Waals surface area contributed by atoms with Crippen LogP contribution in [0.3, 0.4) is 0 Å². The number of primary amides is 1. The Balaban J connectivity index is 1.04. The van der Waals surface area contributed by atoms with E-state index in [0.29, 0.717) is 31.0 Å². The third-order valence-electron chi connectivity index (χ3n) is 22.9. The first-order valence-corrected chi connectivity index (χ1v) is 48.6. The molecule has 0 aromatic heterocycles. The SMILES string of the molecule is CC(=O)N[C@@H](C)C(=O)N[C@@H](C)C(=O)NC(C)(C)C(=O)N[C@H](C(=O)N(C(=O)OCC1c2ccccc2-c2ccccc21)[C@H](CP(=S)(c1ccccc1)c1ccccc1)C(=O)N[C@@H](C)C(=O)N[C@@H](C)C(=O)N(C(=O)OCC1c2ccccc2-c2ccccc21)[C@@H](CP(=S)(c1ccccc1)c1ccccc1)C(=O)N[C@@H](C)C(=O)N[C@@H](C)C(=O)NC(C)(C)C(=O)N[C@@H](C)C(N)=O)C(C)C. The number of carbonyl (C=O) groups is 15. The summed E-state index contributed by atoms with van der Waals surface area (Å²) in [5, 5.41) is 27.9. The first kappa shape index (κ1) is 99.3. The molecule has 0 fully saturated rings. The highest BCUT2D eigenvalue weighted by atomic mass is 32.4. The van der Waals surface area contributed by atoms with Crippen LogP contribution in [0, 0.1) is 5.92 Å². The van der Waals surface area contributed by atoms with Gasteiger partial charge in [0.05, 0.1) is 0 Å². The molecule has 0 unspecified atom stereocenters. The van der Waals surface area contributed by atoms with Crippen molar-refractivity contribution in [2.24, 2.45) is 11.7 Å². The normalized spacial score (nSPS) is 14.6. The zero-order chi connectivity index (χ0) is 95.0. The number of carbonyl (C=O) groups excluding carboxylic acids is 15. The van der Waals surface area contributed by atoms with E-state index in [-0.39, 0.29) is 0 Å². The summed E-state index contributed by atoms with van der Waals surface area (Å²) in [4.78, 5) is 221. The second kappa shape index (κ2) is 43.0. The Morgan fingerprint density at radius 2 is 0.615 bits per heavy atom. The van der Waals surface area contributed by atoms with Crippen molar-refractivity contribution in [3.63, 3.8) is 0 Å². The molecule has 2 aliphatic carbocycles. The van der Waals surface area contributed by atoms with Crippen molar-refractivity contribution in [2.45, 2.75) is 180 Å². The maximum absolute atomic E-state index is 16.5. The lowest BCUT2D eigenvalue weighted by atomic mass is 9.98. The van der Waals surface area contributed by atoms with Crippen molar-refractivity contribution in [3.8, 4) is 22.3 Å². The number of nitrogens with zero attached hydrogens (tertiary/aromatic N) is 2. The Labute approximate surface area is 766 Å². The summed E-state index contributed by atoms with van der Waals surface area (Å²) in [6.45, 7) is 18.0. The molecule has 10 rings (SSSR count). The topological polar surface area (TPSA) is 427 Å². The number of hydrogen-bond acceptors (Lipinski definition) is 19. The molecule has 130 heavy (non-hydrogen) atoms. The van der Waals surface area contributed by atoms with Crippen LogP contribution in [0.25, 0.3) is 22.3 Å². The average molecular weight is 1850 g/mol. The fraction of sp³-hybridized carbons (Fsp3) is 0.344. The number of nitrogens with two attached hydrogens (primary N) is 1.